The van der Waals surface area contributed by atoms with Crippen LogP contribution in [0.3, 0.4) is 0 Å². The Labute approximate surface area is 184 Å². The smallest absolute Gasteiger partial charge is 0.407 e. The summed E-state index contributed by atoms with van der Waals surface area (Å²) in [6.07, 6.45) is 5.22. The number of alkyl carbamates (subject to hydrolysis) is 1. The number of aryl methyl sites for hydroxylation is 1. The Kier molecular flexibility index (Phi) is 7.83. The molecule has 1 aromatic rings. The molecule has 2 aliphatic heterocycles. The molecule has 0 bridgehead atoms. The van der Waals surface area contributed by atoms with Crippen LogP contribution in [0.4, 0.5) is 10.5 Å². The summed E-state index contributed by atoms with van der Waals surface area (Å²) in [6, 6.07) is 4.21. The average molecular weight is 438 g/mol. The first-order valence-electron chi connectivity index (χ1n) is 10.8. The van der Waals surface area contributed by atoms with Crippen molar-refractivity contribution in [3.8, 4) is 5.75 Å². The van der Waals surface area contributed by atoms with Gasteiger partial charge < -0.3 is 20.1 Å². The molecule has 1 aliphatic carbocycles. The summed E-state index contributed by atoms with van der Waals surface area (Å²) in [5.41, 5.74) is 3.10. The van der Waals surface area contributed by atoms with Crippen LogP contribution >= 0.6 is 12.4 Å². The molecule has 7 nitrogen and oxygen atoms in total. The van der Waals surface area contributed by atoms with E-state index in [2.05, 4.69) is 15.5 Å². The minimum absolute atomic E-state index is 0. The number of ether oxygens (including phenoxy) is 2. The molecule has 2 fully saturated rings. The summed E-state index contributed by atoms with van der Waals surface area (Å²) < 4.78 is 11.3. The van der Waals surface area contributed by atoms with Crippen LogP contribution < -0.4 is 15.4 Å². The summed E-state index contributed by atoms with van der Waals surface area (Å²) in [7, 11) is 0. The normalized spacial score (nSPS) is 19.3. The number of rotatable bonds is 7. The standard InChI is InChI=1S/C22H31N3O4.ClH/c1-15-2-6-19(18-5-7-20(26)24-21(15)18)28-13-12-25-10-8-17(9-11-25)23-22(27)29-14-16-3-4-16;/h2,6,16-17H,3-5,7-14H2,1H3,(H,23,27)(H,24,26);1H. The van der Waals surface area contributed by atoms with Gasteiger partial charge in [-0.3, -0.25) is 9.69 Å². The molecule has 30 heavy (non-hydrogen) atoms. The third kappa shape index (κ3) is 6.01. The minimum Gasteiger partial charge on any atom is -0.492 e. The fourth-order valence-corrected chi connectivity index (χ4v) is 4.02. The van der Waals surface area contributed by atoms with Gasteiger partial charge in [0.05, 0.1) is 12.3 Å². The summed E-state index contributed by atoms with van der Waals surface area (Å²) in [5.74, 6) is 1.55. The first kappa shape index (κ1) is 22.7. The van der Waals surface area contributed by atoms with Gasteiger partial charge in [0.15, 0.2) is 0 Å². The number of nitrogens with one attached hydrogen (secondary N) is 2. The van der Waals surface area contributed by atoms with Crippen LogP contribution in [0.15, 0.2) is 12.1 Å². The summed E-state index contributed by atoms with van der Waals surface area (Å²) in [4.78, 5) is 25.9. The maximum Gasteiger partial charge on any atom is 0.407 e. The zero-order valence-corrected chi connectivity index (χ0v) is 18.4. The van der Waals surface area contributed by atoms with Crippen LogP contribution in [0, 0.1) is 12.8 Å². The van der Waals surface area contributed by atoms with Gasteiger partial charge in [0.2, 0.25) is 5.91 Å². The minimum atomic E-state index is -0.269. The molecule has 0 aromatic heterocycles. The molecule has 0 radical (unpaired) electrons. The van der Waals surface area contributed by atoms with E-state index in [0.717, 1.165) is 61.5 Å². The molecular formula is C22H32ClN3O4. The molecule has 1 saturated carbocycles. The number of carbonyl (C=O) groups is 2. The molecule has 1 aromatic carbocycles. The van der Waals surface area contributed by atoms with E-state index < -0.39 is 0 Å². The number of halogens is 1. The highest BCUT2D eigenvalue weighted by molar-refractivity contribution is 5.95. The zero-order chi connectivity index (χ0) is 20.2. The highest BCUT2D eigenvalue weighted by Crippen LogP contribution is 2.34. The van der Waals surface area contributed by atoms with Crippen molar-refractivity contribution in [3.05, 3.63) is 23.3 Å². The van der Waals surface area contributed by atoms with Gasteiger partial charge in [0, 0.05) is 37.7 Å². The van der Waals surface area contributed by atoms with E-state index in [1.54, 1.807) is 0 Å². The van der Waals surface area contributed by atoms with Crippen LogP contribution in [0.1, 0.15) is 43.2 Å². The fourth-order valence-electron chi connectivity index (χ4n) is 4.02. The Balaban J connectivity index is 0.00000256. The van der Waals surface area contributed by atoms with E-state index in [4.69, 9.17) is 9.47 Å². The molecule has 0 spiro atoms. The number of nitrogens with zero attached hydrogens (tertiary/aromatic N) is 1. The number of fused-ring (bicyclic) bond motifs is 1. The lowest BCUT2D eigenvalue weighted by Crippen LogP contribution is -2.45. The second kappa shape index (κ2) is 10.4. The highest BCUT2D eigenvalue weighted by Gasteiger charge is 2.25. The number of hydrogen-bond donors (Lipinski definition) is 2. The van der Waals surface area contributed by atoms with Crippen LogP contribution in [0.25, 0.3) is 0 Å². The maximum atomic E-state index is 11.8. The lowest BCUT2D eigenvalue weighted by atomic mass is 9.98. The number of likely N-dealkylation sites (tertiary alicyclic amines) is 1. The van der Waals surface area contributed by atoms with Crippen molar-refractivity contribution in [3.63, 3.8) is 0 Å². The van der Waals surface area contributed by atoms with Gasteiger partial charge in [-0.05, 0) is 56.6 Å². The topological polar surface area (TPSA) is 79.9 Å². The SMILES string of the molecule is Cc1ccc(OCCN2CCC(NC(=O)OCC3CC3)CC2)c2c1NC(=O)CC2.Cl. The largest absolute Gasteiger partial charge is 0.492 e. The van der Waals surface area contributed by atoms with Crippen molar-refractivity contribution in [2.75, 3.05) is 38.2 Å². The molecule has 166 valence electrons. The van der Waals surface area contributed by atoms with Gasteiger partial charge in [0.25, 0.3) is 0 Å². The number of benzene rings is 1. The average Bonchev–Trinajstić information content (AvgIpc) is 3.54. The van der Waals surface area contributed by atoms with E-state index in [-0.39, 0.29) is 30.4 Å². The Bertz CT molecular complexity index is 761. The van der Waals surface area contributed by atoms with Gasteiger partial charge in [-0.15, -0.1) is 12.4 Å². The first-order chi connectivity index (χ1) is 14.1. The molecule has 2 heterocycles. The second-order valence-corrected chi connectivity index (χ2v) is 8.43. The van der Waals surface area contributed by atoms with Gasteiger partial charge in [-0.2, -0.15) is 0 Å². The predicted octanol–water partition coefficient (Wildman–Crippen LogP) is 3.28. The van der Waals surface area contributed by atoms with Crippen molar-refractivity contribution in [2.45, 2.75) is 51.5 Å². The third-order valence-electron chi connectivity index (χ3n) is 6.07. The van der Waals surface area contributed by atoms with Crippen molar-refractivity contribution in [1.29, 1.82) is 0 Å². The van der Waals surface area contributed by atoms with Gasteiger partial charge in [-0.1, -0.05) is 6.07 Å². The van der Waals surface area contributed by atoms with Crippen LogP contribution in [0.2, 0.25) is 0 Å². The van der Waals surface area contributed by atoms with Crippen LogP contribution in [-0.4, -0.2) is 55.8 Å². The third-order valence-corrected chi connectivity index (χ3v) is 6.07. The lowest BCUT2D eigenvalue weighted by molar-refractivity contribution is -0.116. The second-order valence-electron chi connectivity index (χ2n) is 8.43. The molecule has 4 rings (SSSR count). The van der Waals surface area contributed by atoms with Crippen molar-refractivity contribution in [1.82, 2.24) is 10.2 Å². The number of anilines is 1. The number of hydrogen-bond acceptors (Lipinski definition) is 5. The zero-order valence-electron chi connectivity index (χ0n) is 17.6. The van der Waals surface area contributed by atoms with Gasteiger partial charge in [0.1, 0.15) is 12.4 Å². The quantitative estimate of drug-likeness (QED) is 0.684. The van der Waals surface area contributed by atoms with E-state index in [1.807, 2.05) is 19.1 Å². The van der Waals surface area contributed by atoms with Crippen LogP contribution in [-0.2, 0) is 16.0 Å². The maximum absolute atomic E-state index is 11.8. The molecular weight excluding hydrogens is 406 g/mol. The predicted molar refractivity (Wildman–Crippen MR) is 118 cm³/mol. The van der Waals surface area contributed by atoms with E-state index in [9.17, 15) is 9.59 Å². The number of amides is 2. The van der Waals surface area contributed by atoms with Gasteiger partial charge >= 0.3 is 6.09 Å². The molecule has 0 atom stereocenters. The summed E-state index contributed by atoms with van der Waals surface area (Å²) in [6.45, 7) is 5.93. The number of piperidine rings is 1. The Morgan fingerprint density at radius 2 is 1.97 bits per heavy atom. The fraction of sp³-hybridized carbons (Fsp3) is 0.636. The van der Waals surface area contributed by atoms with Crippen molar-refractivity contribution in [2.24, 2.45) is 5.92 Å². The van der Waals surface area contributed by atoms with Gasteiger partial charge in [-0.25, -0.2) is 4.79 Å². The molecule has 2 N–H and O–H groups in total. The molecule has 1 saturated heterocycles. The monoisotopic (exact) mass is 437 g/mol. The van der Waals surface area contributed by atoms with E-state index >= 15 is 0 Å². The van der Waals surface area contributed by atoms with Crippen molar-refractivity contribution >= 4 is 30.1 Å². The summed E-state index contributed by atoms with van der Waals surface area (Å²) >= 11 is 0. The molecule has 2 amide bonds. The molecule has 8 heteroatoms. The Morgan fingerprint density at radius 3 is 2.70 bits per heavy atom. The Hall–Kier alpha value is -1.99. The van der Waals surface area contributed by atoms with E-state index in [1.165, 1.54) is 12.8 Å². The highest BCUT2D eigenvalue weighted by atomic mass is 35.5. The van der Waals surface area contributed by atoms with Crippen LogP contribution in [0.5, 0.6) is 5.75 Å². The van der Waals surface area contributed by atoms with Crippen molar-refractivity contribution < 1.29 is 19.1 Å². The van der Waals surface area contributed by atoms with E-state index in [0.29, 0.717) is 25.6 Å². The number of carbonyl (C=O) groups excluding carboxylic acids is 2. The lowest BCUT2D eigenvalue weighted by Gasteiger charge is -2.32. The summed E-state index contributed by atoms with van der Waals surface area (Å²) in [5, 5.41) is 5.97. The molecule has 3 aliphatic rings. The molecule has 0 unspecified atom stereocenters. The Morgan fingerprint density at radius 1 is 1.20 bits per heavy atom. The first-order valence-corrected chi connectivity index (χ1v) is 10.8.